The molecule has 0 fully saturated rings. The maximum atomic E-state index is 10.0. The van der Waals surface area contributed by atoms with Gasteiger partial charge < -0.3 is 9.67 Å². The number of fused-ring (bicyclic) bond motifs is 1. The molecule has 0 unspecified atom stereocenters. The Morgan fingerprint density at radius 1 is 0.968 bits per heavy atom. The molecule has 152 valence electrons. The summed E-state index contributed by atoms with van der Waals surface area (Å²) in [6.07, 6.45) is 7.03. The Morgan fingerprint density at radius 2 is 1.81 bits per heavy atom. The van der Waals surface area contributed by atoms with Crippen molar-refractivity contribution in [2.75, 3.05) is 0 Å². The molecule has 0 bridgehead atoms. The summed E-state index contributed by atoms with van der Waals surface area (Å²) in [6, 6.07) is 17.8. The predicted octanol–water partition coefficient (Wildman–Crippen LogP) is 5.51. The largest absolute Gasteiger partial charge is 0.392 e. The minimum Gasteiger partial charge on any atom is -0.392 e. The zero-order valence-electron chi connectivity index (χ0n) is 16.8. The summed E-state index contributed by atoms with van der Waals surface area (Å²) in [5.41, 5.74) is 6.89. The minimum absolute atomic E-state index is 0.100. The van der Waals surface area contributed by atoms with Crippen LogP contribution in [0.3, 0.4) is 0 Å². The van der Waals surface area contributed by atoms with E-state index in [9.17, 15) is 5.11 Å². The average Bonchev–Trinajstić information content (AvgIpc) is 3.25. The van der Waals surface area contributed by atoms with E-state index in [1.807, 2.05) is 72.4 Å². The number of pyridine rings is 2. The molecule has 0 radical (unpaired) electrons. The summed E-state index contributed by atoms with van der Waals surface area (Å²) in [5, 5.41) is 11.5. The summed E-state index contributed by atoms with van der Waals surface area (Å²) in [5.74, 6) is 0. The topological polar surface area (TPSA) is 63.8 Å². The van der Waals surface area contributed by atoms with Crippen LogP contribution in [0.2, 0.25) is 5.02 Å². The number of aromatic nitrogens is 4. The number of aliphatic hydroxyl groups excluding tert-OH is 1. The number of imidazole rings is 1. The fourth-order valence-corrected chi connectivity index (χ4v) is 4.18. The molecule has 5 rings (SSSR count). The highest BCUT2D eigenvalue weighted by molar-refractivity contribution is 6.38. The highest BCUT2D eigenvalue weighted by Crippen LogP contribution is 2.38. The third-order valence-corrected chi connectivity index (χ3v) is 5.85. The van der Waals surface area contributed by atoms with E-state index >= 15 is 0 Å². The Kier molecular flexibility index (Phi) is 4.98. The maximum absolute atomic E-state index is 10.0. The Morgan fingerprint density at radius 3 is 2.55 bits per heavy atom. The van der Waals surface area contributed by atoms with E-state index in [0.29, 0.717) is 5.02 Å². The SMILES string of the molecule is Cn1cncc1-c1nccc(CO)c1-c1ccc2ncc(-c3ccccc3)c(Cl)c2c1. The van der Waals surface area contributed by atoms with Gasteiger partial charge in [0.25, 0.3) is 0 Å². The second-order valence-corrected chi connectivity index (χ2v) is 7.70. The Balaban J connectivity index is 1.75. The third kappa shape index (κ3) is 3.38. The van der Waals surface area contributed by atoms with Crippen molar-refractivity contribution in [3.8, 4) is 33.6 Å². The van der Waals surface area contributed by atoms with Gasteiger partial charge in [-0.1, -0.05) is 48.0 Å². The first-order valence-electron chi connectivity index (χ1n) is 9.87. The highest BCUT2D eigenvalue weighted by atomic mass is 35.5. The van der Waals surface area contributed by atoms with Gasteiger partial charge in [-0.3, -0.25) is 9.97 Å². The van der Waals surface area contributed by atoms with Crippen molar-refractivity contribution >= 4 is 22.5 Å². The molecule has 2 aromatic carbocycles. The van der Waals surface area contributed by atoms with Gasteiger partial charge in [0.15, 0.2) is 0 Å². The molecule has 31 heavy (non-hydrogen) atoms. The number of hydrogen-bond acceptors (Lipinski definition) is 4. The second kappa shape index (κ2) is 7.95. The Bertz CT molecular complexity index is 1400. The molecule has 6 heteroatoms. The van der Waals surface area contributed by atoms with Gasteiger partial charge in [0.2, 0.25) is 0 Å². The lowest BCUT2D eigenvalue weighted by Gasteiger charge is -2.15. The Labute approximate surface area is 184 Å². The maximum Gasteiger partial charge on any atom is 0.0964 e. The lowest BCUT2D eigenvalue weighted by atomic mass is 9.95. The number of rotatable bonds is 4. The van der Waals surface area contributed by atoms with Gasteiger partial charge in [-0.15, -0.1) is 0 Å². The minimum atomic E-state index is -0.100. The number of halogens is 1. The first-order chi connectivity index (χ1) is 15.2. The fraction of sp³-hybridized carbons (Fsp3) is 0.0800. The first-order valence-corrected chi connectivity index (χ1v) is 10.2. The van der Waals surface area contributed by atoms with Crippen molar-refractivity contribution in [2.24, 2.45) is 7.05 Å². The molecule has 3 aromatic heterocycles. The molecule has 1 N–H and O–H groups in total. The van der Waals surface area contributed by atoms with Crippen molar-refractivity contribution in [2.45, 2.75) is 6.61 Å². The lowest BCUT2D eigenvalue weighted by molar-refractivity contribution is 0.282. The van der Waals surface area contributed by atoms with Crippen molar-refractivity contribution in [3.63, 3.8) is 0 Å². The van der Waals surface area contributed by atoms with E-state index in [1.165, 1.54) is 0 Å². The van der Waals surface area contributed by atoms with Crippen LogP contribution in [0.1, 0.15) is 5.56 Å². The van der Waals surface area contributed by atoms with Crippen molar-refractivity contribution < 1.29 is 5.11 Å². The molecule has 0 aliphatic rings. The van der Waals surface area contributed by atoms with Crippen LogP contribution in [0.5, 0.6) is 0 Å². The van der Waals surface area contributed by atoms with Crippen LogP contribution in [-0.2, 0) is 13.7 Å². The molecule has 0 amide bonds. The van der Waals surface area contributed by atoms with E-state index < -0.39 is 0 Å². The molecule has 5 aromatic rings. The van der Waals surface area contributed by atoms with E-state index in [4.69, 9.17) is 11.6 Å². The lowest BCUT2D eigenvalue weighted by Crippen LogP contribution is -1.99. The number of benzene rings is 2. The van der Waals surface area contributed by atoms with Gasteiger partial charge in [0.05, 0.1) is 41.1 Å². The molecule has 0 spiro atoms. The van der Waals surface area contributed by atoms with Gasteiger partial charge in [-0.25, -0.2) is 4.98 Å². The summed E-state index contributed by atoms with van der Waals surface area (Å²) in [4.78, 5) is 13.5. The third-order valence-electron chi connectivity index (χ3n) is 5.44. The normalized spacial score (nSPS) is 11.2. The molecule has 3 heterocycles. The van der Waals surface area contributed by atoms with Gasteiger partial charge in [0.1, 0.15) is 0 Å². The van der Waals surface area contributed by atoms with Crippen molar-refractivity contribution in [1.29, 1.82) is 0 Å². The quantitative estimate of drug-likeness (QED) is 0.411. The highest BCUT2D eigenvalue weighted by Gasteiger charge is 2.17. The first kappa shape index (κ1) is 19.4. The van der Waals surface area contributed by atoms with Crippen LogP contribution >= 0.6 is 11.6 Å². The number of aryl methyl sites for hydroxylation is 1. The van der Waals surface area contributed by atoms with Gasteiger partial charge in [0, 0.05) is 36.0 Å². The molecule has 0 saturated heterocycles. The monoisotopic (exact) mass is 426 g/mol. The molecule has 0 aliphatic heterocycles. The number of hydrogen-bond donors (Lipinski definition) is 1. The van der Waals surface area contributed by atoms with Crippen LogP contribution in [0.25, 0.3) is 44.5 Å². The molecule has 0 atom stereocenters. The molecular formula is C25H19ClN4O. The number of aliphatic hydroxyl groups is 1. The van der Waals surface area contributed by atoms with E-state index in [2.05, 4.69) is 15.0 Å². The fourth-order valence-electron chi connectivity index (χ4n) is 3.87. The van der Waals surface area contributed by atoms with E-state index in [-0.39, 0.29) is 6.61 Å². The van der Waals surface area contributed by atoms with Gasteiger partial charge >= 0.3 is 0 Å². The van der Waals surface area contributed by atoms with Crippen molar-refractivity contribution in [1.82, 2.24) is 19.5 Å². The predicted molar refractivity (Wildman–Crippen MR) is 124 cm³/mol. The summed E-state index contributed by atoms with van der Waals surface area (Å²) < 4.78 is 1.91. The smallest absolute Gasteiger partial charge is 0.0964 e. The van der Waals surface area contributed by atoms with E-state index in [1.54, 1.807) is 18.7 Å². The molecule has 5 nitrogen and oxygen atoms in total. The van der Waals surface area contributed by atoms with Gasteiger partial charge in [-0.05, 0) is 34.9 Å². The zero-order valence-corrected chi connectivity index (χ0v) is 17.6. The van der Waals surface area contributed by atoms with Crippen LogP contribution in [0, 0.1) is 0 Å². The average molecular weight is 427 g/mol. The molecule has 0 aliphatic carbocycles. The summed E-state index contributed by atoms with van der Waals surface area (Å²) >= 11 is 6.85. The van der Waals surface area contributed by atoms with Crippen LogP contribution in [0.15, 0.2) is 79.5 Å². The van der Waals surface area contributed by atoms with Gasteiger partial charge in [-0.2, -0.15) is 0 Å². The standard InChI is InChI=1S/C25H19ClN4O/c1-30-15-27-13-22(30)25-23(18(14-31)9-10-28-25)17-7-8-21-19(11-17)24(26)20(12-29-21)16-5-3-2-4-6-16/h2-13,15,31H,14H2,1H3. The van der Waals surface area contributed by atoms with Crippen LogP contribution < -0.4 is 0 Å². The van der Waals surface area contributed by atoms with E-state index in [0.717, 1.165) is 50.1 Å². The summed E-state index contributed by atoms with van der Waals surface area (Å²) in [6.45, 7) is -0.100. The van der Waals surface area contributed by atoms with Crippen LogP contribution in [-0.4, -0.2) is 24.6 Å². The van der Waals surface area contributed by atoms with Crippen molar-refractivity contribution in [3.05, 3.63) is 90.1 Å². The summed E-state index contributed by atoms with van der Waals surface area (Å²) in [7, 11) is 1.92. The zero-order chi connectivity index (χ0) is 21.4. The second-order valence-electron chi connectivity index (χ2n) is 7.33. The molecular weight excluding hydrogens is 408 g/mol. The van der Waals surface area contributed by atoms with Crippen LogP contribution in [0.4, 0.5) is 0 Å². The number of nitrogens with zero attached hydrogens (tertiary/aromatic N) is 4. The Hall–Kier alpha value is -3.54. The molecule has 0 saturated carbocycles.